The number of hydrogen-bond donors (Lipinski definition) is 2. The maximum absolute atomic E-state index is 13.9. The number of amidine groups is 1. The van der Waals surface area contributed by atoms with Crippen molar-refractivity contribution in [3.05, 3.63) is 53.6 Å². The van der Waals surface area contributed by atoms with Crippen LogP contribution >= 0.6 is 0 Å². The van der Waals surface area contributed by atoms with Gasteiger partial charge < -0.3 is 5.32 Å². The third-order valence-corrected chi connectivity index (χ3v) is 8.33. The van der Waals surface area contributed by atoms with Gasteiger partial charge in [-0.15, -0.1) is 4.40 Å². The Labute approximate surface area is 233 Å². The van der Waals surface area contributed by atoms with Crippen LogP contribution in [-0.4, -0.2) is 40.5 Å². The summed E-state index contributed by atoms with van der Waals surface area (Å²) in [5.74, 6) is -2.23. The third-order valence-electron chi connectivity index (χ3n) is 6.39. The molecule has 0 saturated carbocycles. The number of nitrogens with one attached hydrogen (secondary N) is 2. The molecule has 1 heterocycles. The van der Waals surface area contributed by atoms with Gasteiger partial charge in [0.2, 0.25) is 10.0 Å². The van der Waals surface area contributed by atoms with Crippen LogP contribution in [0.1, 0.15) is 49.5 Å². The van der Waals surface area contributed by atoms with E-state index in [1.807, 2.05) is 13.8 Å². The summed E-state index contributed by atoms with van der Waals surface area (Å²) < 4.78 is 55.2. The van der Waals surface area contributed by atoms with Gasteiger partial charge in [-0.05, 0) is 49.4 Å². The van der Waals surface area contributed by atoms with E-state index in [0.29, 0.717) is 23.5 Å². The van der Waals surface area contributed by atoms with Crippen LogP contribution in [0.25, 0.3) is 0 Å². The molecule has 1 unspecified atom stereocenters. The summed E-state index contributed by atoms with van der Waals surface area (Å²) in [5, 5.41) is 2.86. The van der Waals surface area contributed by atoms with Crippen LogP contribution in [0.15, 0.2) is 51.8 Å². The minimum Gasteiger partial charge on any atom is -0.341 e. The summed E-state index contributed by atoms with van der Waals surface area (Å²) in [4.78, 5) is 27.1. The molecule has 0 radical (unpaired) electrons. The number of carbonyl (C=O) groups excluding carboxylic acids is 2. The number of carbonyl (C=O) groups is 2. The Kier molecular flexibility index (Phi) is 7.93. The van der Waals surface area contributed by atoms with Crippen molar-refractivity contribution < 1.29 is 56.0 Å². The summed E-state index contributed by atoms with van der Waals surface area (Å²) in [5.41, 5.74) is 0.191. The molecule has 0 amide bonds. The predicted octanol–water partition coefficient (Wildman–Crippen LogP) is 0.351. The van der Waals surface area contributed by atoms with Crippen LogP contribution in [0.3, 0.4) is 0 Å². The largest absolute Gasteiger partial charge is 1.00 e. The normalized spacial score (nSPS) is 22.6. The average Bonchev–Trinajstić information content (AvgIpc) is 2.76. The maximum Gasteiger partial charge on any atom is 1.00 e. The molecule has 0 bridgehead atoms. The third kappa shape index (κ3) is 5.31. The Morgan fingerprint density at radius 1 is 1.14 bits per heavy atom. The molecule has 2 atom stereocenters. The van der Waals surface area contributed by atoms with E-state index in [1.165, 1.54) is 12.1 Å². The number of benzene rings is 2. The van der Waals surface area contributed by atoms with Crippen LogP contribution in [0.2, 0.25) is 0 Å². The molecular formula is C24H27N3NaO6S2+. The fourth-order valence-corrected chi connectivity index (χ4v) is 6.31. The molecule has 0 fully saturated rings. The molecule has 186 valence electrons. The van der Waals surface area contributed by atoms with Crippen LogP contribution in [0, 0.1) is 11.8 Å². The van der Waals surface area contributed by atoms with E-state index in [-0.39, 0.29) is 51.7 Å². The summed E-state index contributed by atoms with van der Waals surface area (Å²) in [6.45, 7) is 5.90. The minimum atomic E-state index is -4.32. The van der Waals surface area contributed by atoms with E-state index in [4.69, 9.17) is 0 Å². The monoisotopic (exact) mass is 540 g/mol. The van der Waals surface area contributed by atoms with Crippen LogP contribution in [0.4, 0.5) is 11.4 Å². The molecule has 2 N–H and O–H groups in total. The first kappa shape index (κ1) is 28.5. The molecule has 1 aliphatic carbocycles. The fraction of sp³-hybridized carbons (Fsp3) is 0.375. The van der Waals surface area contributed by atoms with Gasteiger partial charge in [0.25, 0.3) is 10.0 Å². The maximum atomic E-state index is 13.9. The van der Waals surface area contributed by atoms with E-state index >= 15 is 0 Å². The Morgan fingerprint density at radius 3 is 2.44 bits per heavy atom. The Balaban J connectivity index is 0.00000361. The molecule has 4 rings (SSSR count). The number of fused-ring (bicyclic) bond motifs is 2. The van der Waals surface area contributed by atoms with Crippen molar-refractivity contribution in [2.24, 2.45) is 16.2 Å². The minimum absolute atomic E-state index is 0. The summed E-state index contributed by atoms with van der Waals surface area (Å²) in [6.07, 6.45) is 2.19. The van der Waals surface area contributed by atoms with E-state index < -0.39 is 42.9 Å². The summed E-state index contributed by atoms with van der Waals surface area (Å²) in [6, 6.07) is 10.8. The molecule has 0 aromatic heterocycles. The van der Waals surface area contributed by atoms with Crippen molar-refractivity contribution in [3.63, 3.8) is 0 Å². The second-order valence-electron chi connectivity index (χ2n) is 9.63. The summed E-state index contributed by atoms with van der Waals surface area (Å²) >= 11 is 0. The van der Waals surface area contributed by atoms with Gasteiger partial charge in [-0.1, -0.05) is 38.1 Å². The van der Waals surface area contributed by atoms with Crippen molar-refractivity contribution in [2.45, 2.75) is 43.9 Å². The number of hydrogen-bond acceptors (Lipinski definition) is 7. The fourth-order valence-electron chi connectivity index (χ4n) is 4.57. The van der Waals surface area contributed by atoms with Crippen LogP contribution in [-0.2, 0) is 30.3 Å². The van der Waals surface area contributed by atoms with Crippen LogP contribution in [0.5, 0.6) is 0 Å². The Morgan fingerprint density at radius 2 is 1.81 bits per heavy atom. The van der Waals surface area contributed by atoms with Gasteiger partial charge in [-0.25, -0.2) is 8.42 Å². The van der Waals surface area contributed by atoms with Crippen molar-refractivity contribution >= 4 is 48.8 Å². The first-order valence-corrected chi connectivity index (χ1v) is 14.5. The molecule has 1 aliphatic heterocycles. The molecule has 36 heavy (non-hydrogen) atoms. The van der Waals surface area contributed by atoms with Gasteiger partial charge in [0.15, 0.2) is 11.6 Å². The number of Topliss-reactive ketones (excluding diaryl/α,β-unsaturated/α-hetero) is 2. The second kappa shape index (κ2) is 10.0. The zero-order valence-corrected chi connectivity index (χ0v) is 24.5. The van der Waals surface area contributed by atoms with Crippen molar-refractivity contribution in [2.75, 3.05) is 16.3 Å². The molecule has 12 heteroatoms. The van der Waals surface area contributed by atoms with Gasteiger partial charge in [0.1, 0.15) is 16.6 Å². The van der Waals surface area contributed by atoms with Gasteiger partial charge in [-0.2, -0.15) is 8.42 Å². The quantitative estimate of drug-likeness (QED) is 0.398. The zero-order chi connectivity index (χ0) is 25.8. The van der Waals surface area contributed by atoms with E-state index in [1.54, 1.807) is 31.2 Å². The first-order chi connectivity index (χ1) is 16.2. The topological polar surface area (TPSA) is 139 Å². The molecule has 2 aromatic rings. The standard InChI is InChI=1S/C24H27N3O6S2.Na/c1-14(2)11-12-24(3)17-8-6-5-7-16(17)21(28)20(22(24)29)23-25-18-10-9-15(26-34(4,30)31)13-19(18)35(32,33)27-23;/h5-10,13-14,20,26H,11-12H2,1-4H3,(H,25,27);/q;+1/t20?,24-;/m1./s1. The predicted molar refractivity (Wildman–Crippen MR) is 134 cm³/mol. The molecule has 2 aliphatic rings. The molecule has 0 spiro atoms. The van der Waals surface area contributed by atoms with Crippen molar-refractivity contribution in [1.82, 2.24) is 0 Å². The van der Waals surface area contributed by atoms with Crippen molar-refractivity contribution in [3.8, 4) is 0 Å². The SMILES string of the molecule is CC(C)CC[C@@]1(C)C(=O)C(C2=NS(=O)(=O)c3cc(NS(C)(=O)=O)ccc3N2)C(=O)c2ccccc21.[Na+]. The Bertz CT molecular complexity index is 1480. The summed E-state index contributed by atoms with van der Waals surface area (Å²) in [7, 11) is -7.95. The average molecular weight is 541 g/mol. The Hall–Kier alpha value is -2.05. The number of nitrogens with zero attached hydrogens (tertiary/aromatic N) is 1. The molecule has 0 saturated heterocycles. The van der Waals surface area contributed by atoms with Gasteiger partial charge >= 0.3 is 29.6 Å². The number of sulfonamides is 2. The zero-order valence-electron chi connectivity index (χ0n) is 20.8. The van der Waals surface area contributed by atoms with Gasteiger partial charge in [0.05, 0.1) is 17.4 Å². The molecule has 9 nitrogen and oxygen atoms in total. The van der Waals surface area contributed by atoms with E-state index in [9.17, 15) is 26.4 Å². The molecular weight excluding hydrogens is 513 g/mol. The van der Waals surface area contributed by atoms with Crippen LogP contribution < -0.4 is 39.6 Å². The number of anilines is 2. The van der Waals surface area contributed by atoms with E-state index in [2.05, 4.69) is 14.4 Å². The number of rotatable bonds is 6. The second-order valence-corrected chi connectivity index (χ2v) is 13.0. The first-order valence-electron chi connectivity index (χ1n) is 11.1. The molecule has 2 aromatic carbocycles. The smallest absolute Gasteiger partial charge is 0.341 e. The number of ketones is 2. The van der Waals surface area contributed by atoms with Gasteiger partial charge in [0, 0.05) is 11.3 Å². The van der Waals surface area contributed by atoms with E-state index in [0.717, 1.165) is 18.7 Å². The van der Waals surface area contributed by atoms with Crippen molar-refractivity contribution in [1.29, 1.82) is 0 Å². The van der Waals surface area contributed by atoms with Gasteiger partial charge in [-0.3, -0.25) is 14.3 Å².